The molecule has 6 nitrogen and oxygen atoms in total. The van der Waals surface area contributed by atoms with Crippen LogP contribution in [-0.2, 0) is 10.1 Å². The first-order valence-corrected chi connectivity index (χ1v) is 7.68. The van der Waals surface area contributed by atoms with E-state index in [-0.39, 0.29) is 17.7 Å². The fourth-order valence-corrected chi connectivity index (χ4v) is 2.82. The zero-order chi connectivity index (χ0) is 14.0. The van der Waals surface area contributed by atoms with E-state index < -0.39 is 15.2 Å². The monoisotopic (exact) mass is 287 g/mol. The van der Waals surface area contributed by atoms with Gasteiger partial charge in [-0.05, 0) is 25.0 Å². The Labute approximate surface area is 112 Å². The zero-order valence-corrected chi connectivity index (χ0v) is 11.5. The lowest BCUT2D eigenvalue weighted by atomic mass is 9.94. The van der Waals surface area contributed by atoms with Crippen LogP contribution in [0, 0.1) is 0 Å². The summed E-state index contributed by atoms with van der Waals surface area (Å²) in [4.78, 5) is 13.7. The number of hydrogen-bond donors (Lipinski definition) is 1. The fraction of sp³-hybridized carbons (Fsp3) is 0.583. The molecule has 0 aliphatic heterocycles. The van der Waals surface area contributed by atoms with Gasteiger partial charge in [-0.3, -0.25) is 9.35 Å². The molecule has 1 aliphatic carbocycles. The predicted octanol–water partition coefficient (Wildman–Crippen LogP) is 1.93. The summed E-state index contributed by atoms with van der Waals surface area (Å²) < 4.78 is 35.5. The van der Waals surface area contributed by atoms with Crippen molar-refractivity contribution >= 4 is 16.0 Å². The van der Waals surface area contributed by atoms with Gasteiger partial charge in [-0.1, -0.05) is 19.3 Å². The highest BCUT2D eigenvalue weighted by Gasteiger charge is 2.26. The standard InChI is InChI=1S/C12H17NO5S/c1-13(9-5-3-2-4-6-9)12(14)10-7-8-11(18-10)19(15,16)17/h7-9H,2-6H2,1H3,(H,15,16,17). The lowest BCUT2D eigenvalue weighted by Crippen LogP contribution is -2.38. The summed E-state index contributed by atoms with van der Waals surface area (Å²) in [6.07, 6.45) is 5.28. The van der Waals surface area contributed by atoms with Crippen LogP contribution < -0.4 is 0 Å². The fourth-order valence-electron chi connectivity index (χ4n) is 2.38. The minimum absolute atomic E-state index is 0.0688. The van der Waals surface area contributed by atoms with E-state index in [1.807, 2.05) is 0 Å². The summed E-state index contributed by atoms with van der Waals surface area (Å²) in [5.41, 5.74) is 0. The molecule has 1 aromatic rings. The van der Waals surface area contributed by atoms with Crippen LogP contribution in [0.25, 0.3) is 0 Å². The van der Waals surface area contributed by atoms with Crippen LogP contribution in [0.2, 0.25) is 0 Å². The number of nitrogens with zero attached hydrogens (tertiary/aromatic N) is 1. The Morgan fingerprint density at radius 1 is 1.32 bits per heavy atom. The van der Waals surface area contributed by atoms with Crippen molar-refractivity contribution in [2.45, 2.75) is 43.2 Å². The molecular weight excluding hydrogens is 270 g/mol. The van der Waals surface area contributed by atoms with E-state index in [1.54, 1.807) is 11.9 Å². The van der Waals surface area contributed by atoms with Crippen LogP contribution in [0.3, 0.4) is 0 Å². The minimum Gasteiger partial charge on any atom is -0.437 e. The van der Waals surface area contributed by atoms with Crippen LogP contribution in [-0.4, -0.2) is 36.9 Å². The van der Waals surface area contributed by atoms with Gasteiger partial charge >= 0.3 is 10.1 Å². The minimum atomic E-state index is -4.40. The summed E-state index contributed by atoms with van der Waals surface area (Å²) in [5, 5.41) is -0.604. The quantitative estimate of drug-likeness (QED) is 0.858. The molecule has 7 heteroatoms. The van der Waals surface area contributed by atoms with E-state index in [9.17, 15) is 13.2 Å². The molecular formula is C12H17NO5S. The van der Waals surface area contributed by atoms with Crippen LogP contribution in [0.1, 0.15) is 42.7 Å². The molecule has 0 bridgehead atoms. The molecule has 1 aliphatic rings. The number of carbonyl (C=O) groups excluding carboxylic acids is 1. The van der Waals surface area contributed by atoms with Gasteiger partial charge < -0.3 is 9.32 Å². The van der Waals surface area contributed by atoms with Crippen molar-refractivity contribution in [1.82, 2.24) is 4.90 Å². The van der Waals surface area contributed by atoms with Gasteiger partial charge in [0.2, 0.25) is 5.09 Å². The Kier molecular flexibility index (Phi) is 3.96. The lowest BCUT2D eigenvalue weighted by Gasteiger charge is -2.30. The molecule has 1 fully saturated rings. The molecule has 106 valence electrons. The Bertz CT molecular complexity index is 556. The highest BCUT2D eigenvalue weighted by atomic mass is 32.2. The van der Waals surface area contributed by atoms with Gasteiger partial charge in [-0.15, -0.1) is 0 Å². The highest BCUT2D eigenvalue weighted by Crippen LogP contribution is 2.23. The van der Waals surface area contributed by atoms with E-state index in [0.717, 1.165) is 31.7 Å². The average molecular weight is 287 g/mol. The number of furan rings is 1. The predicted molar refractivity (Wildman–Crippen MR) is 67.5 cm³/mol. The molecule has 19 heavy (non-hydrogen) atoms. The van der Waals surface area contributed by atoms with Crippen molar-refractivity contribution < 1.29 is 22.2 Å². The molecule has 0 atom stereocenters. The average Bonchev–Trinajstić information content (AvgIpc) is 2.87. The number of amides is 1. The molecule has 0 radical (unpaired) electrons. The van der Waals surface area contributed by atoms with Crippen LogP contribution >= 0.6 is 0 Å². The first-order chi connectivity index (χ1) is 8.89. The number of rotatable bonds is 3. The molecule has 1 saturated carbocycles. The molecule has 0 unspecified atom stereocenters. The number of hydrogen-bond acceptors (Lipinski definition) is 4. The van der Waals surface area contributed by atoms with E-state index in [4.69, 9.17) is 8.97 Å². The van der Waals surface area contributed by atoms with E-state index in [1.165, 1.54) is 12.5 Å². The first-order valence-electron chi connectivity index (χ1n) is 6.24. The Balaban J connectivity index is 2.12. The number of carbonyl (C=O) groups is 1. The maximum atomic E-state index is 12.1. The Hall–Kier alpha value is -1.34. The molecule has 0 spiro atoms. The van der Waals surface area contributed by atoms with Crippen molar-refractivity contribution in [3.05, 3.63) is 17.9 Å². The van der Waals surface area contributed by atoms with Crippen molar-refractivity contribution in [2.24, 2.45) is 0 Å². The summed E-state index contributed by atoms with van der Waals surface area (Å²) in [6.45, 7) is 0. The summed E-state index contributed by atoms with van der Waals surface area (Å²) in [5.74, 6) is -0.428. The molecule has 1 aromatic heterocycles. The Morgan fingerprint density at radius 3 is 2.47 bits per heavy atom. The smallest absolute Gasteiger partial charge is 0.328 e. The Morgan fingerprint density at radius 2 is 1.95 bits per heavy atom. The van der Waals surface area contributed by atoms with Gasteiger partial charge in [0.1, 0.15) is 0 Å². The molecule has 1 amide bonds. The third-order valence-corrected chi connectivity index (χ3v) is 4.22. The van der Waals surface area contributed by atoms with Gasteiger partial charge in [0.05, 0.1) is 0 Å². The highest BCUT2D eigenvalue weighted by molar-refractivity contribution is 7.85. The van der Waals surface area contributed by atoms with Gasteiger partial charge in [-0.25, -0.2) is 0 Å². The third-order valence-electron chi connectivity index (χ3n) is 3.49. The van der Waals surface area contributed by atoms with Crippen LogP contribution in [0.5, 0.6) is 0 Å². The molecule has 1 heterocycles. The maximum absolute atomic E-state index is 12.1. The topological polar surface area (TPSA) is 87.8 Å². The second-order valence-corrected chi connectivity index (χ2v) is 6.15. The molecule has 1 N–H and O–H groups in total. The van der Waals surface area contributed by atoms with Crippen molar-refractivity contribution in [2.75, 3.05) is 7.05 Å². The normalized spacial score (nSPS) is 17.4. The van der Waals surface area contributed by atoms with Crippen LogP contribution in [0.4, 0.5) is 0 Å². The van der Waals surface area contributed by atoms with Crippen LogP contribution in [0.15, 0.2) is 21.6 Å². The SMILES string of the molecule is CN(C(=O)c1ccc(S(=O)(=O)O)o1)C1CCCCC1. The molecule has 0 aromatic carbocycles. The lowest BCUT2D eigenvalue weighted by molar-refractivity contribution is 0.0658. The molecule has 2 rings (SSSR count). The van der Waals surface area contributed by atoms with Gasteiger partial charge in [0.25, 0.3) is 5.91 Å². The van der Waals surface area contributed by atoms with E-state index >= 15 is 0 Å². The van der Waals surface area contributed by atoms with Crippen molar-refractivity contribution in [1.29, 1.82) is 0 Å². The zero-order valence-electron chi connectivity index (χ0n) is 10.7. The summed E-state index contributed by atoms with van der Waals surface area (Å²) >= 11 is 0. The third kappa shape index (κ3) is 3.16. The summed E-state index contributed by atoms with van der Waals surface area (Å²) in [7, 11) is -2.72. The van der Waals surface area contributed by atoms with E-state index in [2.05, 4.69) is 0 Å². The second kappa shape index (κ2) is 5.34. The summed E-state index contributed by atoms with van der Waals surface area (Å²) in [6, 6.07) is 2.52. The van der Waals surface area contributed by atoms with E-state index in [0.29, 0.717) is 0 Å². The van der Waals surface area contributed by atoms with Crippen molar-refractivity contribution in [3.63, 3.8) is 0 Å². The van der Waals surface area contributed by atoms with Gasteiger partial charge in [-0.2, -0.15) is 8.42 Å². The van der Waals surface area contributed by atoms with Crippen molar-refractivity contribution in [3.8, 4) is 0 Å². The first kappa shape index (κ1) is 14.1. The maximum Gasteiger partial charge on any atom is 0.328 e. The largest absolute Gasteiger partial charge is 0.437 e. The van der Waals surface area contributed by atoms with Gasteiger partial charge in [0, 0.05) is 13.1 Å². The molecule has 0 saturated heterocycles. The van der Waals surface area contributed by atoms with Gasteiger partial charge in [0.15, 0.2) is 5.76 Å². The second-order valence-electron chi connectivity index (χ2n) is 4.80.